The van der Waals surface area contributed by atoms with Crippen LogP contribution in [-0.4, -0.2) is 43.0 Å². The molecule has 1 aromatic carbocycles. The maximum Gasteiger partial charge on any atom is 0.223 e. The molecular weight excluding hydrogens is 268 g/mol. The topological polar surface area (TPSA) is 58.6 Å². The molecule has 0 aromatic heterocycles. The van der Waals surface area contributed by atoms with Crippen molar-refractivity contribution in [1.29, 1.82) is 0 Å². The van der Waals surface area contributed by atoms with Crippen molar-refractivity contribution in [2.75, 3.05) is 26.3 Å². The zero-order chi connectivity index (χ0) is 15.1. The Hall–Kier alpha value is -1.88. The maximum atomic E-state index is 11.9. The zero-order valence-corrected chi connectivity index (χ0v) is 12.4. The summed E-state index contributed by atoms with van der Waals surface area (Å²) in [5.74, 6) is -0.0613. The van der Waals surface area contributed by atoms with Crippen molar-refractivity contribution in [3.63, 3.8) is 0 Å². The van der Waals surface area contributed by atoms with E-state index in [1.165, 1.54) is 0 Å². The van der Waals surface area contributed by atoms with Gasteiger partial charge in [-0.05, 0) is 12.5 Å². The van der Waals surface area contributed by atoms with E-state index in [0.717, 1.165) is 5.56 Å². The molecule has 1 fully saturated rings. The van der Waals surface area contributed by atoms with Crippen LogP contribution in [0.3, 0.4) is 0 Å². The van der Waals surface area contributed by atoms with E-state index < -0.39 is 0 Å². The van der Waals surface area contributed by atoms with Gasteiger partial charge in [-0.3, -0.25) is 9.59 Å². The summed E-state index contributed by atoms with van der Waals surface area (Å²) in [6.07, 6.45) is 0.487. The first-order chi connectivity index (χ1) is 10.2. The lowest BCUT2D eigenvalue weighted by Gasteiger charge is -2.26. The van der Waals surface area contributed by atoms with Crippen LogP contribution < -0.4 is 5.32 Å². The van der Waals surface area contributed by atoms with Gasteiger partial charge in [-0.1, -0.05) is 30.3 Å². The van der Waals surface area contributed by atoms with E-state index >= 15 is 0 Å². The zero-order valence-electron chi connectivity index (χ0n) is 12.4. The molecule has 0 spiro atoms. The fourth-order valence-electron chi connectivity index (χ4n) is 2.33. The average molecular weight is 290 g/mol. The highest BCUT2D eigenvalue weighted by Crippen LogP contribution is 2.11. The van der Waals surface area contributed by atoms with Gasteiger partial charge in [0.2, 0.25) is 11.8 Å². The van der Waals surface area contributed by atoms with Gasteiger partial charge < -0.3 is 15.0 Å². The molecule has 1 aliphatic heterocycles. The molecule has 1 N–H and O–H groups in total. The van der Waals surface area contributed by atoms with Crippen LogP contribution in [0, 0.1) is 0 Å². The number of nitrogens with one attached hydrogen (secondary N) is 1. The molecule has 1 atom stereocenters. The summed E-state index contributed by atoms with van der Waals surface area (Å²) >= 11 is 0. The van der Waals surface area contributed by atoms with Gasteiger partial charge in [0.25, 0.3) is 0 Å². The average Bonchev–Trinajstić information content (AvgIpc) is 2.54. The number of hydrogen-bond acceptors (Lipinski definition) is 3. The molecule has 5 nitrogen and oxygen atoms in total. The summed E-state index contributed by atoms with van der Waals surface area (Å²) in [6, 6.07) is 9.74. The number of benzene rings is 1. The highest BCUT2D eigenvalue weighted by molar-refractivity contribution is 5.84. The third-order valence-corrected chi connectivity index (χ3v) is 3.61. The first-order valence-corrected chi connectivity index (χ1v) is 7.36. The Morgan fingerprint density at radius 1 is 1.19 bits per heavy atom. The van der Waals surface area contributed by atoms with Crippen LogP contribution in [0.5, 0.6) is 0 Å². The lowest BCUT2D eigenvalue weighted by molar-refractivity contribution is -0.137. The van der Waals surface area contributed by atoms with Crippen LogP contribution in [0.2, 0.25) is 0 Å². The standard InChI is InChI=1S/C16H22N2O3/c1-13(14-5-3-2-4-6-14)17-15(19)7-8-16(20)18-9-11-21-12-10-18/h2-6,13H,7-12H2,1H3,(H,17,19)/t13-/m0/s1. The number of amides is 2. The van der Waals surface area contributed by atoms with Crippen molar-refractivity contribution >= 4 is 11.8 Å². The lowest BCUT2D eigenvalue weighted by atomic mass is 10.1. The molecular formula is C16H22N2O3. The maximum absolute atomic E-state index is 11.9. The molecule has 114 valence electrons. The minimum atomic E-state index is -0.0898. The fourth-order valence-corrected chi connectivity index (χ4v) is 2.33. The van der Waals surface area contributed by atoms with Gasteiger partial charge in [-0.25, -0.2) is 0 Å². The highest BCUT2D eigenvalue weighted by atomic mass is 16.5. The molecule has 0 saturated carbocycles. The van der Waals surface area contributed by atoms with Crippen molar-refractivity contribution in [3.8, 4) is 0 Å². The van der Waals surface area contributed by atoms with E-state index in [2.05, 4.69) is 5.32 Å². The number of hydrogen-bond donors (Lipinski definition) is 1. The monoisotopic (exact) mass is 290 g/mol. The van der Waals surface area contributed by atoms with Crippen molar-refractivity contribution in [1.82, 2.24) is 10.2 Å². The second-order valence-corrected chi connectivity index (χ2v) is 5.19. The SMILES string of the molecule is C[C@H](NC(=O)CCC(=O)N1CCOCC1)c1ccccc1. The Morgan fingerprint density at radius 2 is 1.86 bits per heavy atom. The van der Waals surface area contributed by atoms with Gasteiger partial charge >= 0.3 is 0 Å². The molecule has 0 aliphatic carbocycles. The summed E-state index contributed by atoms with van der Waals surface area (Å²) in [7, 11) is 0. The largest absolute Gasteiger partial charge is 0.378 e. The Labute approximate surface area is 125 Å². The number of rotatable bonds is 5. The van der Waals surface area contributed by atoms with Crippen molar-refractivity contribution in [3.05, 3.63) is 35.9 Å². The highest BCUT2D eigenvalue weighted by Gasteiger charge is 2.18. The molecule has 2 rings (SSSR count). The minimum absolute atomic E-state index is 0.0285. The van der Waals surface area contributed by atoms with Crippen LogP contribution >= 0.6 is 0 Å². The van der Waals surface area contributed by atoms with Gasteiger partial charge in [0.05, 0.1) is 19.3 Å². The predicted octanol–water partition coefficient (Wildman–Crippen LogP) is 1.50. The van der Waals surface area contributed by atoms with E-state index in [1.54, 1.807) is 4.90 Å². The van der Waals surface area contributed by atoms with Gasteiger partial charge in [0.15, 0.2) is 0 Å². The number of ether oxygens (including phenoxy) is 1. The Kier molecular flexibility index (Phi) is 5.75. The van der Waals surface area contributed by atoms with E-state index in [9.17, 15) is 9.59 Å². The first-order valence-electron chi connectivity index (χ1n) is 7.36. The predicted molar refractivity (Wildman–Crippen MR) is 79.6 cm³/mol. The Balaban J connectivity index is 1.73. The summed E-state index contributed by atoms with van der Waals surface area (Å²) in [5, 5.41) is 2.92. The first kappa shape index (κ1) is 15.5. The molecule has 0 bridgehead atoms. The number of nitrogens with zero attached hydrogens (tertiary/aromatic N) is 1. The molecule has 1 aliphatic rings. The van der Waals surface area contributed by atoms with E-state index in [1.807, 2.05) is 37.3 Å². The quantitative estimate of drug-likeness (QED) is 0.894. The van der Waals surface area contributed by atoms with Crippen LogP contribution in [0.4, 0.5) is 0 Å². The van der Waals surface area contributed by atoms with Gasteiger partial charge in [0, 0.05) is 25.9 Å². The van der Waals surface area contributed by atoms with E-state index in [4.69, 9.17) is 4.74 Å². The summed E-state index contributed by atoms with van der Waals surface area (Å²) in [6.45, 7) is 4.37. The van der Waals surface area contributed by atoms with Crippen molar-refractivity contribution in [2.24, 2.45) is 0 Å². The van der Waals surface area contributed by atoms with Crippen LogP contribution in [-0.2, 0) is 14.3 Å². The summed E-state index contributed by atoms with van der Waals surface area (Å²) < 4.78 is 5.20. The second-order valence-electron chi connectivity index (χ2n) is 5.19. The Morgan fingerprint density at radius 3 is 2.52 bits per heavy atom. The van der Waals surface area contributed by atoms with Gasteiger partial charge in [0.1, 0.15) is 0 Å². The van der Waals surface area contributed by atoms with Gasteiger partial charge in [-0.2, -0.15) is 0 Å². The molecule has 0 unspecified atom stereocenters. The number of carbonyl (C=O) groups is 2. The fraction of sp³-hybridized carbons (Fsp3) is 0.500. The molecule has 2 amide bonds. The van der Waals surface area contributed by atoms with Gasteiger partial charge in [-0.15, -0.1) is 0 Å². The Bertz CT molecular complexity index is 470. The van der Waals surface area contributed by atoms with Crippen LogP contribution in [0.25, 0.3) is 0 Å². The number of morpholine rings is 1. The summed E-state index contributed by atoms with van der Waals surface area (Å²) in [5.41, 5.74) is 1.06. The molecule has 21 heavy (non-hydrogen) atoms. The van der Waals surface area contributed by atoms with E-state index in [0.29, 0.717) is 26.3 Å². The smallest absolute Gasteiger partial charge is 0.223 e. The van der Waals surface area contributed by atoms with E-state index in [-0.39, 0.29) is 30.7 Å². The summed E-state index contributed by atoms with van der Waals surface area (Å²) in [4.78, 5) is 25.6. The third kappa shape index (κ3) is 4.86. The van der Waals surface area contributed by atoms with Crippen molar-refractivity contribution < 1.29 is 14.3 Å². The van der Waals surface area contributed by atoms with Crippen molar-refractivity contribution in [2.45, 2.75) is 25.8 Å². The molecule has 1 aromatic rings. The molecule has 1 saturated heterocycles. The van der Waals surface area contributed by atoms with Crippen LogP contribution in [0.15, 0.2) is 30.3 Å². The second kappa shape index (κ2) is 7.78. The molecule has 5 heteroatoms. The number of carbonyl (C=O) groups excluding carboxylic acids is 2. The third-order valence-electron chi connectivity index (χ3n) is 3.61. The van der Waals surface area contributed by atoms with Crippen LogP contribution in [0.1, 0.15) is 31.4 Å². The minimum Gasteiger partial charge on any atom is -0.378 e. The molecule has 0 radical (unpaired) electrons. The molecule has 1 heterocycles. The lowest BCUT2D eigenvalue weighted by Crippen LogP contribution is -2.41. The normalized spacial score (nSPS) is 16.3.